The molecule has 0 atom stereocenters. The molecule has 2 aliphatic heterocycles. The molecule has 2 saturated heterocycles. The van der Waals surface area contributed by atoms with Crippen LogP contribution in [-0.2, 0) is 0 Å². The molecule has 0 aromatic carbocycles. The molecule has 0 saturated carbocycles. The van der Waals surface area contributed by atoms with Gasteiger partial charge in [0.25, 0.3) is 5.95 Å². The topological polar surface area (TPSA) is 101 Å². The van der Waals surface area contributed by atoms with Gasteiger partial charge in [0.2, 0.25) is 11.9 Å². The quantitative estimate of drug-likeness (QED) is 0.0516. The predicted molar refractivity (Wildman–Crippen MR) is 232 cm³/mol. The molecule has 9 heteroatoms. The maximum absolute atomic E-state index is 10.4. The third-order valence-electron chi connectivity index (χ3n) is 11.9. The van der Waals surface area contributed by atoms with Crippen molar-refractivity contribution in [3.8, 4) is 0 Å². The molecule has 314 valence electrons. The third kappa shape index (κ3) is 17.2. The first-order valence-electron chi connectivity index (χ1n) is 22.9. The molecule has 2 aliphatic rings. The van der Waals surface area contributed by atoms with Gasteiger partial charge in [-0.25, -0.2) is 5.48 Å². The lowest BCUT2D eigenvalue weighted by Crippen LogP contribution is -2.63. The van der Waals surface area contributed by atoms with E-state index in [0.717, 1.165) is 51.6 Å². The molecular formula is C45H88N8O. The van der Waals surface area contributed by atoms with Crippen LogP contribution in [0.5, 0.6) is 0 Å². The molecule has 3 heterocycles. The third-order valence-corrected chi connectivity index (χ3v) is 11.9. The van der Waals surface area contributed by atoms with Crippen LogP contribution < -0.4 is 25.9 Å². The fraction of sp³-hybridized carbons (Fsp3) is 0.933. The molecule has 1 aromatic heterocycles. The van der Waals surface area contributed by atoms with Crippen LogP contribution in [0, 0.1) is 0 Å². The second-order valence-corrected chi connectivity index (χ2v) is 20.0. The first kappa shape index (κ1) is 46.7. The van der Waals surface area contributed by atoms with Crippen LogP contribution in [0.3, 0.4) is 0 Å². The Morgan fingerprint density at radius 1 is 0.481 bits per heavy atom. The first-order chi connectivity index (χ1) is 25.6. The fourth-order valence-electron chi connectivity index (χ4n) is 10.1. The second kappa shape index (κ2) is 22.9. The van der Waals surface area contributed by atoms with Gasteiger partial charge in [0.05, 0.1) is 0 Å². The maximum atomic E-state index is 10.4. The van der Waals surface area contributed by atoms with E-state index < -0.39 is 0 Å². The van der Waals surface area contributed by atoms with Crippen molar-refractivity contribution in [1.29, 1.82) is 0 Å². The zero-order chi connectivity index (χ0) is 39.7. The monoisotopic (exact) mass is 757 g/mol. The zero-order valence-corrected chi connectivity index (χ0v) is 37.2. The molecule has 0 spiro atoms. The summed E-state index contributed by atoms with van der Waals surface area (Å²) in [5, 5.41) is 18.2. The maximum Gasteiger partial charge on any atom is 0.253 e. The average Bonchev–Trinajstić information content (AvgIpc) is 3.06. The SMILES string of the molecule is CCCCCCCCCCCCN(c1nc(NO)nc(N(CCCCCCCCCCCC)C2CC(C)(C)NC(C)(C)C2)n1)C1CC(C)(C)NC(C)(C)C1. The molecule has 2 fully saturated rings. The Bertz CT molecular complexity index is 1050. The average molecular weight is 757 g/mol. The number of aromatic nitrogens is 3. The van der Waals surface area contributed by atoms with E-state index >= 15 is 0 Å². The summed E-state index contributed by atoms with van der Waals surface area (Å²) in [4.78, 5) is 20.2. The van der Waals surface area contributed by atoms with Crippen LogP contribution in [0.15, 0.2) is 0 Å². The molecular weight excluding hydrogens is 669 g/mol. The van der Waals surface area contributed by atoms with E-state index in [1.165, 1.54) is 116 Å². The molecule has 0 amide bonds. The van der Waals surface area contributed by atoms with Crippen molar-refractivity contribution in [3.63, 3.8) is 0 Å². The minimum atomic E-state index is -0.00976. The van der Waals surface area contributed by atoms with E-state index in [4.69, 9.17) is 15.0 Å². The Kier molecular flexibility index (Phi) is 19.8. The number of nitrogens with zero attached hydrogens (tertiary/aromatic N) is 5. The van der Waals surface area contributed by atoms with Gasteiger partial charge >= 0.3 is 0 Å². The van der Waals surface area contributed by atoms with Crippen molar-refractivity contribution < 1.29 is 5.21 Å². The lowest BCUT2D eigenvalue weighted by Gasteiger charge is -2.50. The summed E-state index contributed by atoms with van der Waals surface area (Å²) in [6.45, 7) is 25.0. The van der Waals surface area contributed by atoms with Crippen LogP contribution in [-0.4, -0.2) is 67.5 Å². The molecule has 0 bridgehead atoms. The molecule has 0 aliphatic carbocycles. The highest BCUT2D eigenvalue weighted by Gasteiger charge is 2.43. The summed E-state index contributed by atoms with van der Waals surface area (Å²) in [6.07, 6.45) is 30.3. The Morgan fingerprint density at radius 3 is 1.04 bits per heavy atom. The molecule has 3 rings (SSSR count). The van der Waals surface area contributed by atoms with Crippen LogP contribution >= 0.6 is 0 Å². The first-order valence-corrected chi connectivity index (χ1v) is 22.9. The number of unbranched alkanes of at least 4 members (excludes halogenated alkanes) is 18. The number of anilines is 3. The van der Waals surface area contributed by atoms with Crippen LogP contribution in [0.4, 0.5) is 17.8 Å². The Balaban J connectivity index is 1.84. The Hall–Kier alpha value is -1.71. The highest BCUT2D eigenvalue weighted by Crippen LogP contribution is 2.36. The van der Waals surface area contributed by atoms with Crippen molar-refractivity contribution >= 4 is 17.8 Å². The smallest absolute Gasteiger partial charge is 0.253 e. The van der Waals surface area contributed by atoms with Crippen LogP contribution in [0.25, 0.3) is 0 Å². The van der Waals surface area contributed by atoms with Gasteiger partial charge in [0.1, 0.15) is 0 Å². The van der Waals surface area contributed by atoms with Gasteiger partial charge in [0, 0.05) is 47.3 Å². The van der Waals surface area contributed by atoms with E-state index in [-0.39, 0.29) is 40.2 Å². The summed E-state index contributed by atoms with van der Waals surface area (Å²) in [7, 11) is 0. The summed E-state index contributed by atoms with van der Waals surface area (Å²) in [5.74, 6) is 1.65. The minimum Gasteiger partial charge on any atom is -0.338 e. The van der Waals surface area contributed by atoms with Gasteiger partial charge in [-0.15, -0.1) is 0 Å². The largest absolute Gasteiger partial charge is 0.338 e. The van der Waals surface area contributed by atoms with Crippen molar-refractivity contribution in [1.82, 2.24) is 25.6 Å². The Labute approximate surface area is 333 Å². The van der Waals surface area contributed by atoms with E-state index in [0.29, 0.717) is 11.9 Å². The lowest BCUT2D eigenvalue weighted by atomic mass is 9.79. The number of rotatable bonds is 27. The van der Waals surface area contributed by atoms with Crippen LogP contribution in [0.1, 0.15) is 223 Å². The summed E-state index contributed by atoms with van der Waals surface area (Å²) >= 11 is 0. The van der Waals surface area contributed by atoms with Gasteiger partial charge < -0.3 is 20.4 Å². The van der Waals surface area contributed by atoms with Crippen molar-refractivity contribution in [2.24, 2.45) is 0 Å². The number of hydrogen-bond acceptors (Lipinski definition) is 9. The molecule has 4 N–H and O–H groups in total. The number of hydrogen-bond donors (Lipinski definition) is 4. The number of piperidine rings is 2. The summed E-state index contributed by atoms with van der Waals surface area (Å²) in [6, 6.07) is 0.563. The summed E-state index contributed by atoms with van der Waals surface area (Å²) in [5.41, 5.74) is 2.33. The highest BCUT2D eigenvalue weighted by molar-refractivity contribution is 5.46. The zero-order valence-electron chi connectivity index (χ0n) is 37.2. The molecule has 9 nitrogen and oxygen atoms in total. The van der Waals surface area contributed by atoms with Crippen LogP contribution in [0.2, 0.25) is 0 Å². The highest BCUT2D eigenvalue weighted by atomic mass is 16.5. The molecule has 1 aromatic rings. The molecule has 54 heavy (non-hydrogen) atoms. The van der Waals surface area contributed by atoms with E-state index in [2.05, 4.69) is 95.2 Å². The standard InChI is InChI=1S/C45H88N8O/c1-11-13-15-17-19-21-23-25-27-29-31-52(37-33-42(3,4)50-43(5,6)34-37)40-46-39(49-54)47-41(48-40)53(38-35-44(7,8)51-45(9,10)36-38)32-30-28-26-24-22-20-18-16-14-12-2/h37-38,50-51,54H,11-36H2,1-10H3,(H,46,47,48,49). The van der Waals surface area contributed by atoms with Gasteiger partial charge in [-0.05, 0) is 93.9 Å². The van der Waals surface area contributed by atoms with E-state index in [1.54, 1.807) is 0 Å². The molecule has 0 unspecified atom stereocenters. The minimum absolute atomic E-state index is 0.00976. The second-order valence-electron chi connectivity index (χ2n) is 20.0. The lowest BCUT2D eigenvalue weighted by molar-refractivity contribution is 0.157. The predicted octanol–water partition coefficient (Wildman–Crippen LogP) is 11.7. The van der Waals surface area contributed by atoms with Crippen molar-refractivity contribution in [3.05, 3.63) is 0 Å². The van der Waals surface area contributed by atoms with Crippen molar-refractivity contribution in [2.45, 2.75) is 258 Å². The number of nitrogens with one attached hydrogen (secondary N) is 3. The normalized spacial score (nSPS) is 19.5. The van der Waals surface area contributed by atoms with Gasteiger partial charge in [0.15, 0.2) is 0 Å². The fourth-order valence-corrected chi connectivity index (χ4v) is 10.1. The van der Waals surface area contributed by atoms with Gasteiger partial charge in [-0.1, -0.05) is 129 Å². The summed E-state index contributed by atoms with van der Waals surface area (Å²) < 4.78 is 0. The molecule has 0 radical (unpaired) electrons. The van der Waals surface area contributed by atoms with E-state index in [9.17, 15) is 5.21 Å². The van der Waals surface area contributed by atoms with Gasteiger partial charge in [-0.2, -0.15) is 15.0 Å². The Morgan fingerprint density at radius 2 is 0.759 bits per heavy atom. The van der Waals surface area contributed by atoms with E-state index in [1.807, 2.05) is 0 Å². The van der Waals surface area contributed by atoms with Crippen molar-refractivity contribution in [2.75, 3.05) is 28.4 Å². The van der Waals surface area contributed by atoms with Gasteiger partial charge in [-0.3, -0.25) is 5.21 Å².